The number of carbonyl (C=O) groups is 3. The summed E-state index contributed by atoms with van der Waals surface area (Å²) in [6, 6.07) is 12.1. The molecular formula is C20H20N4O3. The van der Waals surface area contributed by atoms with Crippen LogP contribution in [0.2, 0.25) is 0 Å². The van der Waals surface area contributed by atoms with Crippen LogP contribution in [-0.2, 0) is 9.59 Å². The molecule has 27 heavy (non-hydrogen) atoms. The molecule has 138 valence electrons. The zero-order valence-electron chi connectivity index (χ0n) is 15.2. The summed E-state index contributed by atoms with van der Waals surface area (Å²) in [5.74, 6) is -1.15. The van der Waals surface area contributed by atoms with E-state index in [9.17, 15) is 14.4 Å². The van der Waals surface area contributed by atoms with Gasteiger partial charge >= 0.3 is 0 Å². The van der Waals surface area contributed by atoms with Crippen molar-refractivity contribution in [3.05, 3.63) is 59.2 Å². The first-order valence-corrected chi connectivity index (χ1v) is 8.54. The average molecular weight is 364 g/mol. The molecule has 0 unspecified atom stereocenters. The number of primary amides is 1. The van der Waals surface area contributed by atoms with Crippen LogP contribution in [0.1, 0.15) is 34.3 Å². The van der Waals surface area contributed by atoms with Crippen molar-refractivity contribution in [2.24, 2.45) is 10.8 Å². The zero-order chi connectivity index (χ0) is 19.6. The van der Waals surface area contributed by atoms with E-state index in [1.165, 1.54) is 11.1 Å². The lowest BCUT2D eigenvalue weighted by Crippen LogP contribution is -2.36. The number of aryl methyl sites for hydroxylation is 2. The Kier molecular flexibility index (Phi) is 5.03. The molecule has 0 spiro atoms. The van der Waals surface area contributed by atoms with Crippen LogP contribution < -0.4 is 16.1 Å². The second-order valence-electron chi connectivity index (χ2n) is 6.44. The number of hydrogen-bond acceptors (Lipinski definition) is 4. The standard InChI is InChI=1S/C20H20N4O3/c1-12-6-7-13(2)17(10-12)24-18(25)9-8-16(23-24)20(27)22-15-5-3-4-14(11-15)19(21)26/h3-7,10-11H,8-9H2,1-2H3,(H2,21,26)(H,22,27). The maximum atomic E-state index is 12.6. The minimum Gasteiger partial charge on any atom is -0.366 e. The molecule has 0 radical (unpaired) electrons. The third kappa shape index (κ3) is 4.03. The average Bonchev–Trinajstić information content (AvgIpc) is 2.64. The Morgan fingerprint density at radius 3 is 2.63 bits per heavy atom. The molecule has 3 amide bonds. The van der Waals surface area contributed by atoms with Gasteiger partial charge in [0.2, 0.25) is 11.8 Å². The number of hydrogen-bond donors (Lipinski definition) is 2. The molecule has 1 aliphatic heterocycles. The molecule has 0 saturated carbocycles. The van der Waals surface area contributed by atoms with E-state index in [2.05, 4.69) is 10.4 Å². The molecule has 0 saturated heterocycles. The van der Waals surface area contributed by atoms with Crippen molar-refractivity contribution in [3.63, 3.8) is 0 Å². The maximum Gasteiger partial charge on any atom is 0.271 e. The summed E-state index contributed by atoms with van der Waals surface area (Å²) in [6.07, 6.45) is 0.447. The molecule has 0 fully saturated rings. The lowest BCUT2D eigenvalue weighted by atomic mass is 10.1. The van der Waals surface area contributed by atoms with E-state index >= 15 is 0 Å². The molecule has 3 N–H and O–H groups in total. The van der Waals surface area contributed by atoms with Crippen LogP contribution in [0.5, 0.6) is 0 Å². The lowest BCUT2D eigenvalue weighted by molar-refractivity contribution is -0.118. The van der Waals surface area contributed by atoms with Gasteiger partial charge in [0.05, 0.1) is 5.69 Å². The van der Waals surface area contributed by atoms with Gasteiger partial charge in [-0.3, -0.25) is 14.4 Å². The van der Waals surface area contributed by atoms with Gasteiger partial charge in [-0.1, -0.05) is 18.2 Å². The normalized spacial score (nSPS) is 13.9. The van der Waals surface area contributed by atoms with Crippen molar-refractivity contribution in [3.8, 4) is 0 Å². The van der Waals surface area contributed by atoms with Crippen molar-refractivity contribution in [2.45, 2.75) is 26.7 Å². The highest BCUT2D eigenvalue weighted by Crippen LogP contribution is 2.25. The van der Waals surface area contributed by atoms with Gasteiger partial charge in [0.25, 0.3) is 5.91 Å². The first-order chi connectivity index (χ1) is 12.8. The predicted molar refractivity (Wildman–Crippen MR) is 104 cm³/mol. The molecule has 3 rings (SSSR count). The van der Waals surface area contributed by atoms with Crippen molar-refractivity contribution < 1.29 is 14.4 Å². The summed E-state index contributed by atoms with van der Waals surface area (Å²) in [5.41, 5.74) is 8.81. The van der Waals surface area contributed by atoms with Crippen LogP contribution in [0.4, 0.5) is 11.4 Å². The summed E-state index contributed by atoms with van der Waals surface area (Å²) in [5, 5.41) is 8.28. The van der Waals surface area contributed by atoms with E-state index < -0.39 is 11.8 Å². The van der Waals surface area contributed by atoms with Gasteiger partial charge in [-0.25, -0.2) is 5.01 Å². The number of nitrogens with zero attached hydrogens (tertiary/aromatic N) is 2. The number of nitrogens with two attached hydrogens (primary N) is 1. The van der Waals surface area contributed by atoms with E-state index in [-0.39, 0.29) is 24.5 Å². The Bertz CT molecular complexity index is 965. The fourth-order valence-electron chi connectivity index (χ4n) is 2.81. The van der Waals surface area contributed by atoms with E-state index in [1.54, 1.807) is 18.2 Å². The Morgan fingerprint density at radius 1 is 1.11 bits per heavy atom. The Hall–Kier alpha value is -3.48. The van der Waals surface area contributed by atoms with Gasteiger partial charge in [0.1, 0.15) is 5.71 Å². The van der Waals surface area contributed by atoms with Gasteiger partial charge in [0, 0.05) is 24.1 Å². The highest BCUT2D eigenvalue weighted by Gasteiger charge is 2.26. The van der Waals surface area contributed by atoms with Crippen LogP contribution >= 0.6 is 0 Å². The molecule has 0 bridgehead atoms. The van der Waals surface area contributed by atoms with Crippen LogP contribution in [0.25, 0.3) is 0 Å². The van der Waals surface area contributed by atoms with Gasteiger partial charge in [-0.2, -0.15) is 5.10 Å². The zero-order valence-corrected chi connectivity index (χ0v) is 15.2. The second-order valence-corrected chi connectivity index (χ2v) is 6.44. The monoisotopic (exact) mass is 364 g/mol. The summed E-state index contributed by atoms with van der Waals surface area (Å²) >= 11 is 0. The summed E-state index contributed by atoms with van der Waals surface area (Å²) in [4.78, 5) is 36.2. The molecular weight excluding hydrogens is 344 g/mol. The van der Waals surface area contributed by atoms with Crippen molar-refractivity contribution in [2.75, 3.05) is 10.3 Å². The molecule has 1 aliphatic rings. The number of anilines is 2. The molecule has 2 aromatic rings. The largest absolute Gasteiger partial charge is 0.366 e. The molecule has 7 nitrogen and oxygen atoms in total. The van der Waals surface area contributed by atoms with Crippen molar-refractivity contribution in [1.82, 2.24) is 0 Å². The Morgan fingerprint density at radius 2 is 1.89 bits per heavy atom. The van der Waals surface area contributed by atoms with E-state index in [4.69, 9.17) is 5.73 Å². The fourth-order valence-corrected chi connectivity index (χ4v) is 2.81. The van der Waals surface area contributed by atoms with Gasteiger partial charge in [-0.15, -0.1) is 0 Å². The molecule has 1 heterocycles. The van der Waals surface area contributed by atoms with Crippen molar-refractivity contribution in [1.29, 1.82) is 0 Å². The summed E-state index contributed by atoms with van der Waals surface area (Å²) in [6.45, 7) is 3.82. The van der Waals surface area contributed by atoms with Crippen LogP contribution in [0.15, 0.2) is 47.6 Å². The molecule has 2 aromatic carbocycles. The SMILES string of the molecule is Cc1ccc(C)c(N2N=C(C(=O)Nc3cccc(C(N)=O)c3)CCC2=O)c1. The topological polar surface area (TPSA) is 105 Å². The third-order valence-corrected chi connectivity index (χ3v) is 4.29. The highest BCUT2D eigenvalue weighted by atomic mass is 16.2. The van der Waals surface area contributed by atoms with Gasteiger partial charge in [0.15, 0.2) is 0 Å². The summed E-state index contributed by atoms with van der Waals surface area (Å²) < 4.78 is 0. The fraction of sp³-hybridized carbons (Fsp3) is 0.200. The molecule has 7 heteroatoms. The summed E-state index contributed by atoms with van der Waals surface area (Å²) in [7, 11) is 0. The predicted octanol–water partition coefficient (Wildman–Crippen LogP) is 2.52. The lowest BCUT2D eigenvalue weighted by Gasteiger charge is -2.24. The van der Waals surface area contributed by atoms with Crippen LogP contribution in [0, 0.1) is 13.8 Å². The van der Waals surface area contributed by atoms with Gasteiger partial charge < -0.3 is 11.1 Å². The molecule has 0 aromatic heterocycles. The third-order valence-electron chi connectivity index (χ3n) is 4.29. The molecule has 0 atom stereocenters. The minimum atomic E-state index is -0.576. The van der Waals surface area contributed by atoms with Crippen LogP contribution in [-0.4, -0.2) is 23.4 Å². The van der Waals surface area contributed by atoms with E-state index in [0.717, 1.165) is 11.1 Å². The number of amides is 3. The van der Waals surface area contributed by atoms with E-state index in [0.29, 0.717) is 16.9 Å². The highest BCUT2D eigenvalue weighted by molar-refractivity contribution is 6.44. The molecule has 0 aliphatic carbocycles. The number of rotatable bonds is 4. The first kappa shape index (κ1) is 18.3. The quantitative estimate of drug-likeness (QED) is 0.871. The van der Waals surface area contributed by atoms with Crippen LogP contribution in [0.3, 0.4) is 0 Å². The first-order valence-electron chi connectivity index (χ1n) is 8.54. The number of carbonyl (C=O) groups excluding carboxylic acids is 3. The minimum absolute atomic E-state index is 0.157. The number of nitrogens with one attached hydrogen (secondary N) is 1. The Labute approximate surface area is 156 Å². The van der Waals surface area contributed by atoms with E-state index in [1.807, 2.05) is 32.0 Å². The smallest absolute Gasteiger partial charge is 0.271 e. The van der Waals surface area contributed by atoms with Gasteiger partial charge in [-0.05, 0) is 49.2 Å². The Balaban J connectivity index is 1.86. The number of hydrazone groups is 1. The van der Waals surface area contributed by atoms with Crippen molar-refractivity contribution >= 4 is 34.8 Å². The second kappa shape index (κ2) is 7.41. The number of benzene rings is 2. The maximum absolute atomic E-state index is 12.6.